The summed E-state index contributed by atoms with van der Waals surface area (Å²) in [4.78, 5) is 11.6. The number of rotatable bonds is 5. The van der Waals surface area contributed by atoms with Gasteiger partial charge in [-0.05, 0) is 30.4 Å². The van der Waals surface area contributed by atoms with Crippen molar-refractivity contribution in [2.45, 2.75) is 49.2 Å². The number of hydrogen-bond acceptors (Lipinski definition) is 3. The Morgan fingerprint density at radius 3 is 2.19 bits per heavy atom. The van der Waals surface area contributed by atoms with Crippen LogP contribution in [-0.2, 0) is 14.6 Å². The van der Waals surface area contributed by atoms with Gasteiger partial charge in [-0.25, -0.2) is 8.42 Å². The van der Waals surface area contributed by atoms with Crippen molar-refractivity contribution in [3.05, 3.63) is 29.3 Å². The Balaban J connectivity index is 2.51. The highest BCUT2D eigenvalue weighted by Crippen LogP contribution is 2.58. The molecule has 1 aromatic rings. The SMILES string of the molecule is CCC1(CC)CC(C(=O)O)(S(=O)(=O)c2ccccc2Cl)C1. The lowest BCUT2D eigenvalue weighted by Gasteiger charge is -2.52. The van der Waals surface area contributed by atoms with E-state index in [1.807, 2.05) is 13.8 Å². The molecule has 0 spiro atoms. The van der Waals surface area contributed by atoms with Crippen molar-refractivity contribution >= 4 is 27.4 Å². The largest absolute Gasteiger partial charge is 0.480 e. The maximum Gasteiger partial charge on any atom is 0.325 e. The first-order valence-corrected chi connectivity index (χ1v) is 8.83. The van der Waals surface area contributed by atoms with Crippen molar-refractivity contribution in [2.75, 3.05) is 0 Å². The minimum atomic E-state index is -4.02. The van der Waals surface area contributed by atoms with Crippen LogP contribution in [0.5, 0.6) is 0 Å². The van der Waals surface area contributed by atoms with E-state index in [4.69, 9.17) is 11.6 Å². The monoisotopic (exact) mass is 330 g/mol. The van der Waals surface area contributed by atoms with Crippen molar-refractivity contribution in [2.24, 2.45) is 5.41 Å². The summed E-state index contributed by atoms with van der Waals surface area (Å²) in [5.74, 6) is -1.28. The van der Waals surface area contributed by atoms with E-state index in [9.17, 15) is 18.3 Å². The summed E-state index contributed by atoms with van der Waals surface area (Å²) in [6.45, 7) is 3.94. The van der Waals surface area contributed by atoms with Gasteiger partial charge in [0.05, 0.1) is 9.92 Å². The minimum Gasteiger partial charge on any atom is -0.480 e. The van der Waals surface area contributed by atoms with Crippen LogP contribution in [-0.4, -0.2) is 24.2 Å². The number of aliphatic carboxylic acids is 1. The molecular formula is C15H19ClO4S. The van der Waals surface area contributed by atoms with Gasteiger partial charge in [-0.2, -0.15) is 0 Å². The van der Waals surface area contributed by atoms with Gasteiger partial charge in [0.15, 0.2) is 14.6 Å². The molecule has 1 N–H and O–H groups in total. The average molecular weight is 331 g/mol. The molecule has 1 fully saturated rings. The second-order valence-electron chi connectivity index (χ2n) is 5.79. The molecule has 1 aliphatic rings. The van der Waals surface area contributed by atoms with Gasteiger partial charge in [0.2, 0.25) is 0 Å². The Morgan fingerprint density at radius 2 is 1.76 bits per heavy atom. The summed E-state index contributed by atoms with van der Waals surface area (Å²) in [5.41, 5.74) is -0.202. The van der Waals surface area contributed by atoms with E-state index in [2.05, 4.69) is 0 Å². The summed E-state index contributed by atoms with van der Waals surface area (Å²) >= 11 is 5.97. The molecule has 0 aromatic heterocycles. The van der Waals surface area contributed by atoms with Crippen molar-refractivity contribution in [1.29, 1.82) is 0 Å². The third-order valence-electron chi connectivity index (χ3n) is 4.85. The van der Waals surface area contributed by atoms with Gasteiger partial charge in [0.25, 0.3) is 0 Å². The molecule has 4 nitrogen and oxygen atoms in total. The minimum absolute atomic E-state index is 0.0728. The van der Waals surface area contributed by atoms with Crippen LogP contribution < -0.4 is 0 Å². The lowest BCUT2D eigenvalue weighted by atomic mass is 9.58. The molecule has 0 radical (unpaired) electrons. The molecule has 1 aliphatic carbocycles. The quantitative estimate of drug-likeness (QED) is 0.896. The van der Waals surface area contributed by atoms with E-state index in [1.165, 1.54) is 12.1 Å². The normalized spacial score (nSPS) is 19.8. The van der Waals surface area contributed by atoms with Crippen molar-refractivity contribution in [3.8, 4) is 0 Å². The zero-order chi connectivity index (χ0) is 15.9. The Morgan fingerprint density at radius 1 is 1.24 bits per heavy atom. The maximum atomic E-state index is 12.9. The second-order valence-corrected chi connectivity index (χ2v) is 8.43. The molecule has 1 saturated carbocycles. The molecule has 0 aliphatic heterocycles. The van der Waals surface area contributed by atoms with Gasteiger partial charge < -0.3 is 5.11 Å². The topological polar surface area (TPSA) is 71.4 Å². The predicted molar refractivity (Wildman–Crippen MR) is 81.3 cm³/mol. The molecule has 0 heterocycles. The molecule has 0 atom stereocenters. The van der Waals surface area contributed by atoms with Crippen molar-refractivity contribution in [1.82, 2.24) is 0 Å². The average Bonchev–Trinajstić information content (AvgIpc) is 2.38. The molecule has 0 unspecified atom stereocenters. The first-order chi connectivity index (χ1) is 9.74. The van der Waals surface area contributed by atoms with E-state index in [0.29, 0.717) is 0 Å². The van der Waals surface area contributed by atoms with Crippen LogP contribution >= 0.6 is 11.6 Å². The van der Waals surface area contributed by atoms with Gasteiger partial charge in [-0.15, -0.1) is 0 Å². The van der Waals surface area contributed by atoms with E-state index < -0.39 is 20.6 Å². The van der Waals surface area contributed by atoms with Gasteiger partial charge >= 0.3 is 5.97 Å². The molecule has 0 bridgehead atoms. The van der Waals surface area contributed by atoms with Crippen LogP contribution in [0.15, 0.2) is 29.2 Å². The first kappa shape index (κ1) is 16.3. The third kappa shape index (κ3) is 2.27. The fourth-order valence-corrected chi connectivity index (χ4v) is 5.91. The van der Waals surface area contributed by atoms with Crippen LogP contribution in [0.1, 0.15) is 39.5 Å². The Bertz CT molecular complexity index is 654. The highest BCUT2D eigenvalue weighted by atomic mass is 35.5. The number of sulfone groups is 1. The summed E-state index contributed by atoms with van der Waals surface area (Å²) in [6.07, 6.45) is 1.85. The number of benzene rings is 1. The van der Waals surface area contributed by atoms with Crippen LogP contribution in [0.2, 0.25) is 5.02 Å². The Kier molecular flexibility index (Phi) is 4.10. The predicted octanol–water partition coefficient (Wildman–Crippen LogP) is 3.54. The zero-order valence-corrected chi connectivity index (χ0v) is 13.7. The number of hydrogen-bond donors (Lipinski definition) is 1. The van der Waals surface area contributed by atoms with E-state index in [-0.39, 0.29) is 28.2 Å². The van der Waals surface area contributed by atoms with Crippen LogP contribution in [0, 0.1) is 5.41 Å². The Labute approximate surface area is 130 Å². The highest BCUT2D eigenvalue weighted by molar-refractivity contribution is 7.93. The first-order valence-electron chi connectivity index (χ1n) is 6.97. The molecular weight excluding hydrogens is 312 g/mol. The van der Waals surface area contributed by atoms with Gasteiger partial charge in [0.1, 0.15) is 0 Å². The summed E-state index contributed by atoms with van der Waals surface area (Å²) in [5, 5.41) is 9.65. The molecule has 116 valence electrons. The van der Waals surface area contributed by atoms with Crippen molar-refractivity contribution < 1.29 is 18.3 Å². The summed E-state index contributed by atoms with van der Waals surface area (Å²) in [7, 11) is -4.02. The lowest BCUT2D eigenvalue weighted by molar-refractivity contribution is -0.147. The summed E-state index contributed by atoms with van der Waals surface area (Å²) < 4.78 is 24.0. The fourth-order valence-electron chi connectivity index (χ4n) is 3.24. The van der Waals surface area contributed by atoms with Gasteiger partial charge in [-0.3, -0.25) is 4.79 Å². The molecule has 6 heteroatoms. The van der Waals surface area contributed by atoms with E-state index in [0.717, 1.165) is 12.8 Å². The van der Waals surface area contributed by atoms with Gasteiger partial charge in [-0.1, -0.05) is 50.4 Å². The number of carboxylic acids is 1. The fraction of sp³-hybridized carbons (Fsp3) is 0.533. The zero-order valence-electron chi connectivity index (χ0n) is 12.1. The third-order valence-corrected chi connectivity index (χ3v) is 7.72. The lowest BCUT2D eigenvalue weighted by Crippen LogP contribution is -2.61. The van der Waals surface area contributed by atoms with Crippen LogP contribution in [0.25, 0.3) is 0 Å². The second kappa shape index (κ2) is 5.29. The standard InChI is InChI=1S/C15H19ClO4S/c1-3-14(4-2)9-15(10-14,13(17)18)21(19,20)12-8-6-5-7-11(12)16/h5-8H,3-4,9-10H2,1-2H3,(H,17,18). The molecule has 21 heavy (non-hydrogen) atoms. The molecule has 0 amide bonds. The molecule has 0 saturated heterocycles. The number of carboxylic acid groups (broad SMARTS) is 1. The highest BCUT2D eigenvalue weighted by Gasteiger charge is 2.65. The van der Waals surface area contributed by atoms with Crippen LogP contribution in [0.4, 0.5) is 0 Å². The van der Waals surface area contributed by atoms with Crippen molar-refractivity contribution in [3.63, 3.8) is 0 Å². The number of carbonyl (C=O) groups is 1. The summed E-state index contributed by atoms with van der Waals surface area (Å²) in [6, 6.07) is 6.02. The molecule has 1 aromatic carbocycles. The molecule has 2 rings (SSSR count). The number of halogens is 1. The Hall–Kier alpha value is -1.07. The van der Waals surface area contributed by atoms with Crippen LogP contribution in [0.3, 0.4) is 0 Å². The van der Waals surface area contributed by atoms with Gasteiger partial charge in [0, 0.05) is 0 Å². The van der Waals surface area contributed by atoms with E-state index in [1.54, 1.807) is 12.1 Å². The van der Waals surface area contributed by atoms with E-state index >= 15 is 0 Å². The smallest absolute Gasteiger partial charge is 0.325 e. The maximum absolute atomic E-state index is 12.9.